The largest absolute Gasteiger partial charge is 0.462 e. The van der Waals surface area contributed by atoms with Crippen molar-refractivity contribution in [2.45, 2.75) is 51.3 Å². The summed E-state index contributed by atoms with van der Waals surface area (Å²) in [4.78, 5) is 12.0. The van der Waals surface area contributed by atoms with Gasteiger partial charge in [0, 0.05) is 0 Å². The number of rotatable bonds is 7. The Kier molecular flexibility index (Phi) is 6.36. The van der Waals surface area contributed by atoms with Crippen LogP contribution in [0.25, 0.3) is 0 Å². The average Bonchev–Trinajstić information content (AvgIpc) is 2.40. The van der Waals surface area contributed by atoms with Crippen LogP contribution >= 0.6 is 0 Å². The molecule has 0 heterocycles. The van der Waals surface area contributed by atoms with Crippen LogP contribution in [0, 0.1) is 13.8 Å². The zero-order valence-corrected chi connectivity index (χ0v) is 13.6. The van der Waals surface area contributed by atoms with Crippen LogP contribution in [0.4, 0.5) is 0 Å². The first kappa shape index (κ1) is 17.7. The lowest BCUT2D eigenvalue weighted by molar-refractivity contribution is 0.0496. The topological polar surface area (TPSA) is 86.5 Å². The van der Waals surface area contributed by atoms with Gasteiger partial charge in [-0.25, -0.2) is 18.4 Å². The first-order valence-corrected chi connectivity index (χ1v) is 8.63. The molecule has 0 radical (unpaired) electrons. The summed E-state index contributed by atoms with van der Waals surface area (Å²) in [6, 6.07) is 2.74. The van der Waals surface area contributed by atoms with Gasteiger partial charge in [-0.15, -0.1) is 0 Å². The van der Waals surface area contributed by atoms with E-state index in [1.54, 1.807) is 13.8 Å². The fourth-order valence-corrected chi connectivity index (χ4v) is 2.60. The average molecular weight is 313 g/mol. The summed E-state index contributed by atoms with van der Waals surface area (Å²) in [5.74, 6) is -0.502. The van der Waals surface area contributed by atoms with E-state index in [0.717, 1.165) is 25.7 Å². The molecule has 1 aromatic carbocycles. The molecular formula is C15H23NO4S. The van der Waals surface area contributed by atoms with E-state index < -0.39 is 16.0 Å². The third kappa shape index (κ3) is 5.13. The Morgan fingerprint density at radius 3 is 2.43 bits per heavy atom. The molecule has 0 aliphatic carbocycles. The van der Waals surface area contributed by atoms with Gasteiger partial charge in [0.1, 0.15) is 0 Å². The van der Waals surface area contributed by atoms with E-state index in [4.69, 9.17) is 9.88 Å². The lowest BCUT2D eigenvalue weighted by atomic mass is 10.0. The number of nitrogens with two attached hydrogens (primary N) is 1. The zero-order chi connectivity index (χ0) is 16.0. The molecule has 21 heavy (non-hydrogen) atoms. The van der Waals surface area contributed by atoms with E-state index in [-0.39, 0.29) is 10.5 Å². The van der Waals surface area contributed by atoms with E-state index in [1.807, 2.05) is 0 Å². The van der Waals surface area contributed by atoms with Gasteiger partial charge in [0.15, 0.2) is 0 Å². The highest BCUT2D eigenvalue weighted by Gasteiger charge is 2.17. The number of carbonyl (C=O) groups is 1. The molecule has 5 nitrogen and oxygen atoms in total. The maximum atomic E-state index is 12.1. The van der Waals surface area contributed by atoms with Gasteiger partial charge in [0.25, 0.3) is 0 Å². The molecule has 0 unspecified atom stereocenters. The Hall–Kier alpha value is -1.40. The smallest absolute Gasteiger partial charge is 0.338 e. The second-order valence-corrected chi connectivity index (χ2v) is 6.72. The number of hydrogen-bond acceptors (Lipinski definition) is 4. The summed E-state index contributed by atoms with van der Waals surface area (Å²) in [6.07, 6.45) is 4.05. The van der Waals surface area contributed by atoms with Gasteiger partial charge in [-0.05, 0) is 43.5 Å². The fourth-order valence-electron chi connectivity index (χ4n) is 1.97. The maximum absolute atomic E-state index is 12.1. The van der Waals surface area contributed by atoms with Crippen molar-refractivity contribution in [3.63, 3.8) is 0 Å². The van der Waals surface area contributed by atoms with Crippen molar-refractivity contribution >= 4 is 16.0 Å². The standard InChI is InChI=1S/C15H23NO4S/c1-4-5-6-7-8-20-15(17)14-10-13(21(16,18)19)9-11(2)12(14)3/h9-10H,4-8H2,1-3H3,(H2,16,18,19). The number of unbranched alkanes of at least 4 members (excludes halogenated alkanes) is 3. The van der Waals surface area contributed by atoms with Crippen LogP contribution < -0.4 is 5.14 Å². The molecule has 0 amide bonds. The minimum atomic E-state index is -3.84. The highest BCUT2D eigenvalue weighted by molar-refractivity contribution is 7.89. The number of sulfonamides is 1. The Bertz CT molecular complexity index is 608. The van der Waals surface area contributed by atoms with Crippen LogP contribution in [0.5, 0.6) is 0 Å². The molecule has 0 saturated carbocycles. The van der Waals surface area contributed by atoms with Crippen LogP contribution in [0.3, 0.4) is 0 Å². The summed E-state index contributed by atoms with van der Waals surface area (Å²) in [5, 5.41) is 5.12. The summed E-state index contributed by atoms with van der Waals surface area (Å²) in [6.45, 7) is 5.95. The first-order chi connectivity index (χ1) is 9.77. The molecule has 1 rings (SSSR count). The zero-order valence-electron chi connectivity index (χ0n) is 12.8. The van der Waals surface area contributed by atoms with Crippen molar-refractivity contribution in [3.05, 3.63) is 28.8 Å². The molecule has 0 bridgehead atoms. The van der Waals surface area contributed by atoms with E-state index >= 15 is 0 Å². The van der Waals surface area contributed by atoms with Gasteiger partial charge < -0.3 is 4.74 Å². The molecule has 0 aliphatic heterocycles. The molecular weight excluding hydrogens is 290 g/mol. The van der Waals surface area contributed by atoms with Crippen LogP contribution in [-0.4, -0.2) is 21.0 Å². The van der Waals surface area contributed by atoms with Crippen molar-refractivity contribution in [2.75, 3.05) is 6.61 Å². The van der Waals surface area contributed by atoms with Crippen molar-refractivity contribution in [1.29, 1.82) is 0 Å². The van der Waals surface area contributed by atoms with Gasteiger partial charge in [-0.3, -0.25) is 0 Å². The summed E-state index contributed by atoms with van der Waals surface area (Å²) in [5.41, 5.74) is 1.66. The van der Waals surface area contributed by atoms with E-state index in [2.05, 4.69) is 6.92 Å². The van der Waals surface area contributed by atoms with Crippen LogP contribution in [0.2, 0.25) is 0 Å². The van der Waals surface area contributed by atoms with E-state index in [0.29, 0.717) is 17.7 Å². The molecule has 0 aliphatic rings. The Morgan fingerprint density at radius 2 is 1.86 bits per heavy atom. The lowest BCUT2D eigenvalue weighted by Gasteiger charge is -2.11. The summed E-state index contributed by atoms with van der Waals surface area (Å²) in [7, 11) is -3.84. The minimum Gasteiger partial charge on any atom is -0.462 e. The lowest BCUT2D eigenvalue weighted by Crippen LogP contribution is -2.15. The quantitative estimate of drug-likeness (QED) is 0.619. The number of benzene rings is 1. The minimum absolute atomic E-state index is 0.0662. The maximum Gasteiger partial charge on any atom is 0.338 e. The van der Waals surface area contributed by atoms with Gasteiger partial charge >= 0.3 is 5.97 Å². The second-order valence-electron chi connectivity index (χ2n) is 5.15. The van der Waals surface area contributed by atoms with Crippen LogP contribution in [-0.2, 0) is 14.8 Å². The molecule has 6 heteroatoms. The van der Waals surface area contributed by atoms with Crippen LogP contribution in [0.15, 0.2) is 17.0 Å². The molecule has 1 aromatic rings. The molecule has 118 valence electrons. The monoisotopic (exact) mass is 313 g/mol. The van der Waals surface area contributed by atoms with Gasteiger partial charge in [0.05, 0.1) is 17.1 Å². The molecule has 0 atom stereocenters. The van der Waals surface area contributed by atoms with Gasteiger partial charge in [-0.1, -0.05) is 26.2 Å². The van der Waals surface area contributed by atoms with Crippen LogP contribution in [0.1, 0.15) is 54.1 Å². The van der Waals surface area contributed by atoms with Crippen molar-refractivity contribution in [1.82, 2.24) is 0 Å². The SMILES string of the molecule is CCCCCCOC(=O)c1cc(S(N)(=O)=O)cc(C)c1C. The Labute approximate surface area is 126 Å². The third-order valence-corrected chi connectivity index (χ3v) is 4.31. The number of esters is 1. The number of hydrogen-bond donors (Lipinski definition) is 1. The normalized spacial score (nSPS) is 11.4. The highest BCUT2D eigenvalue weighted by Crippen LogP contribution is 2.20. The van der Waals surface area contributed by atoms with Crippen molar-refractivity contribution in [3.8, 4) is 0 Å². The van der Waals surface area contributed by atoms with E-state index in [1.165, 1.54) is 12.1 Å². The first-order valence-electron chi connectivity index (χ1n) is 7.08. The molecule has 0 aromatic heterocycles. The Balaban J connectivity index is 2.86. The van der Waals surface area contributed by atoms with Gasteiger partial charge in [-0.2, -0.15) is 0 Å². The second kappa shape index (κ2) is 7.56. The Morgan fingerprint density at radius 1 is 1.19 bits per heavy atom. The molecule has 0 spiro atoms. The number of carbonyl (C=O) groups excluding carboxylic acids is 1. The number of primary sulfonamides is 1. The fraction of sp³-hybridized carbons (Fsp3) is 0.533. The highest BCUT2D eigenvalue weighted by atomic mass is 32.2. The predicted octanol–water partition coefficient (Wildman–Crippen LogP) is 2.69. The molecule has 2 N–H and O–H groups in total. The molecule has 0 fully saturated rings. The van der Waals surface area contributed by atoms with E-state index in [9.17, 15) is 13.2 Å². The third-order valence-electron chi connectivity index (χ3n) is 3.42. The van der Waals surface area contributed by atoms with Crippen molar-refractivity contribution in [2.24, 2.45) is 5.14 Å². The molecule has 0 saturated heterocycles. The number of ether oxygens (including phenoxy) is 1. The summed E-state index contributed by atoms with van der Waals surface area (Å²) < 4.78 is 28.1. The predicted molar refractivity (Wildman–Crippen MR) is 81.7 cm³/mol. The number of aryl methyl sites for hydroxylation is 1. The van der Waals surface area contributed by atoms with Crippen molar-refractivity contribution < 1.29 is 17.9 Å². The summed E-state index contributed by atoms with van der Waals surface area (Å²) >= 11 is 0. The van der Waals surface area contributed by atoms with Gasteiger partial charge in [0.2, 0.25) is 10.0 Å².